The van der Waals surface area contributed by atoms with E-state index < -0.39 is 18.9 Å². The largest absolute Gasteiger partial charge is 0.468 e. The monoisotopic (exact) mass is 304 g/mol. The van der Waals surface area contributed by atoms with Crippen LogP contribution in [0.2, 0.25) is 0 Å². The minimum atomic E-state index is -4.38. The van der Waals surface area contributed by atoms with Crippen LogP contribution in [0.15, 0.2) is 18.3 Å². The Hall–Kier alpha value is -1.34. The Bertz CT molecular complexity index is 431. The third-order valence-electron chi connectivity index (χ3n) is 3.45. The number of halogens is 3. The second kappa shape index (κ2) is 7.09. The van der Waals surface area contributed by atoms with Crippen molar-refractivity contribution in [3.8, 4) is 5.88 Å². The Morgan fingerprint density at radius 2 is 2.00 bits per heavy atom. The summed E-state index contributed by atoms with van der Waals surface area (Å²) in [7, 11) is 0. The molecule has 0 aliphatic carbocycles. The van der Waals surface area contributed by atoms with Crippen molar-refractivity contribution in [3.63, 3.8) is 0 Å². The van der Waals surface area contributed by atoms with Crippen molar-refractivity contribution in [1.82, 2.24) is 9.88 Å². The lowest BCUT2D eigenvalue weighted by Crippen LogP contribution is -2.22. The Morgan fingerprint density at radius 3 is 2.57 bits per heavy atom. The number of hydrogen-bond acceptors (Lipinski definition) is 4. The zero-order chi connectivity index (χ0) is 15.3. The van der Waals surface area contributed by atoms with Gasteiger partial charge in [0, 0.05) is 18.8 Å². The van der Waals surface area contributed by atoms with Gasteiger partial charge in [-0.05, 0) is 44.0 Å². The van der Waals surface area contributed by atoms with E-state index in [2.05, 4.69) is 14.6 Å². The maximum atomic E-state index is 12.0. The van der Waals surface area contributed by atoms with Crippen molar-refractivity contribution in [2.45, 2.75) is 31.5 Å². The maximum Gasteiger partial charge on any atom is 0.422 e. The van der Waals surface area contributed by atoms with Gasteiger partial charge in [-0.2, -0.15) is 13.2 Å². The lowest BCUT2D eigenvalue weighted by Gasteiger charge is -2.17. The third-order valence-corrected chi connectivity index (χ3v) is 3.45. The molecular weight excluding hydrogens is 285 g/mol. The number of ether oxygens (including phenoxy) is 1. The van der Waals surface area contributed by atoms with Gasteiger partial charge in [0.25, 0.3) is 0 Å². The van der Waals surface area contributed by atoms with Crippen LogP contribution in [-0.2, 0) is 0 Å². The second-order valence-corrected chi connectivity index (χ2v) is 5.19. The molecule has 0 amide bonds. The summed E-state index contributed by atoms with van der Waals surface area (Å²) in [6, 6.07) is 2.90. The van der Waals surface area contributed by atoms with Crippen molar-refractivity contribution in [1.29, 1.82) is 0 Å². The molecule has 1 aromatic rings. The minimum Gasteiger partial charge on any atom is -0.468 e. The number of aliphatic hydroxyl groups is 1. The standard InChI is InChI=1S/C14H19F3N2O2/c15-14(16,17)10-21-13-4-3-11(9-18-13)12(20)5-8-19-6-1-2-7-19/h3-4,9,12,20H,1-2,5-8,10H2. The van der Waals surface area contributed by atoms with E-state index in [1.54, 1.807) is 6.07 Å². The molecule has 1 atom stereocenters. The van der Waals surface area contributed by atoms with Crippen LogP contribution in [0.3, 0.4) is 0 Å². The highest BCUT2D eigenvalue weighted by molar-refractivity contribution is 5.19. The number of likely N-dealkylation sites (tertiary alicyclic amines) is 1. The highest BCUT2D eigenvalue weighted by atomic mass is 19.4. The first-order valence-corrected chi connectivity index (χ1v) is 7.00. The number of aliphatic hydroxyl groups excluding tert-OH is 1. The van der Waals surface area contributed by atoms with Gasteiger partial charge in [-0.1, -0.05) is 0 Å². The molecule has 2 heterocycles. The van der Waals surface area contributed by atoms with Gasteiger partial charge in [0.1, 0.15) is 0 Å². The summed E-state index contributed by atoms with van der Waals surface area (Å²) in [5.41, 5.74) is 0.591. The smallest absolute Gasteiger partial charge is 0.422 e. The van der Waals surface area contributed by atoms with E-state index in [0.717, 1.165) is 19.6 Å². The highest BCUT2D eigenvalue weighted by Crippen LogP contribution is 2.21. The van der Waals surface area contributed by atoms with E-state index >= 15 is 0 Å². The average Bonchev–Trinajstić information content (AvgIpc) is 2.95. The lowest BCUT2D eigenvalue weighted by atomic mass is 10.1. The number of nitrogens with zero attached hydrogens (tertiary/aromatic N) is 2. The molecule has 0 spiro atoms. The Kier molecular flexibility index (Phi) is 5.41. The molecule has 0 saturated carbocycles. The van der Waals surface area contributed by atoms with Crippen LogP contribution in [0.25, 0.3) is 0 Å². The van der Waals surface area contributed by atoms with Gasteiger partial charge in [-0.3, -0.25) is 0 Å². The van der Waals surface area contributed by atoms with Gasteiger partial charge >= 0.3 is 6.18 Å². The molecule has 21 heavy (non-hydrogen) atoms. The van der Waals surface area contributed by atoms with Crippen LogP contribution in [0.1, 0.15) is 30.9 Å². The molecule has 1 N–H and O–H groups in total. The first-order valence-electron chi connectivity index (χ1n) is 7.00. The van der Waals surface area contributed by atoms with Gasteiger partial charge in [-0.15, -0.1) is 0 Å². The van der Waals surface area contributed by atoms with Crippen molar-refractivity contribution >= 4 is 0 Å². The summed E-state index contributed by atoms with van der Waals surface area (Å²) in [4.78, 5) is 6.08. The summed E-state index contributed by atoms with van der Waals surface area (Å²) in [5.74, 6) is -0.0946. The molecule has 0 radical (unpaired) electrons. The summed E-state index contributed by atoms with van der Waals surface area (Å²) in [6.07, 6.45) is -0.693. The average molecular weight is 304 g/mol. The zero-order valence-corrected chi connectivity index (χ0v) is 11.6. The molecule has 1 aliphatic rings. The Balaban J connectivity index is 1.80. The first-order chi connectivity index (χ1) is 9.94. The number of aromatic nitrogens is 1. The van der Waals surface area contributed by atoms with Crippen molar-refractivity contribution in [3.05, 3.63) is 23.9 Å². The van der Waals surface area contributed by atoms with Crippen LogP contribution < -0.4 is 4.74 Å². The van der Waals surface area contributed by atoms with Gasteiger partial charge in [-0.25, -0.2) is 4.98 Å². The molecule has 1 unspecified atom stereocenters. The molecule has 4 nitrogen and oxygen atoms in total. The van der Waals surface area contributed by atoms with E-state index in [-0.39, 0.29) is 5.88 Å². The predicted molar refractivity (Wildman–Crippen MR) is 71.0 cm³/mol. The van der Waals surface area contributed by atoms with Crippen LogP contribution in [0.5, 0.6) is 5.88 Å². The van der Waals surface area contributed by atoms with E-state index in [1.807, 2.05) is 0 Å². The molecule has 0 bridgehead atoms. The lowest BCUT2D eigenvalue weighted by molar-refractivity contribution is -0.154. The summed E-state index contributed by atoms with van der Waals surface area (Å²) in [6.45, 7) is 1.58. The summed E-state index contributed by atoms with van der Waals surface area (Å²) < 4.78 is 40.5. The predicted octanol–water partition coefficient (Wildman–Crippen LogP) is 2.54. The molecule has 2 rings (SSSR count). The summed E-state index contributed by atoms with van der Waals surface area (Å²) >= 11 is 0. The third kappa shape index (κ3) is 5.51. The zero-order valence-electron chi connectivity index (χ0n) is 11.6. The van der Waals surface area contributed by atoms with Crippen molar-refractivity contribution in [2.24, 2.45) is 0 Å². The molecule has 1 fully saturated rings. The van der Waals surface area contributed by atoms with E-state index in [0.29, 0.717) is 12.0 Å². The topological polar surface area (TPSA) is 45.6 Å². The van der Waals surface area contributed by atoms with E-state index in [4.69, 9.17) is 0 Å². The van der Waals surface area contributed by atoms with Gasteiger partial charge in [0.15, 0.2) is 6.61 Å². The minimum absolute atomic E-state index is 0.0946. The number of rotatable bonds is 6. The fourth-order valence-corrected chi connectivity index (χ4v) is 2.31. The van der Waals surface area contributed by atoms with Crippen LogP contribution in [-0.4, -0.2) is 47.4 Å². The molecule has 1 aromatic heterocycles. The molecular formula is C14H19F3N2O2. The van der Waals surface area contributed by atoms with Gasteiger partial charge in [0.05, 0.1) is 6.10 Å². The molecule has 118 valence electrons. The van der Waals surface area contributed by atoms with Crippen LogP contribution >= 0.6 is 0 Å². The fraction of sp³-hybridized carbons (Fsp3) is 0.643. The molecule has 7 heteroatoms. The van der Waals surface area contributed by atoms with Crippen molar-refractivity contribution < 1.29 is 23.0 Å². The van der Waals surface area contributed by atoms with Gasteiger partial charge < -0.3 is 14.7 Å². The highest BCUT2D eigenvalue weighted by Gasteiger charge is 2.28. The maximum absolute atomic E-state index is 12.0. The van der Waals surface area contributed by atoms with E-state index in [9.17, 15) is 18.3 Å². The second-order valence-electron chi connectivity index (χ2n) is 5.19. The normalized spacial score (nSPS) is 17.9. The summed E-state index contributed by atoms with van der Waals surface area (Å²) in [5, 5.41) is 10.0. The molecule has 1 saturated heterocycles. The first kappa shape index (κ1) is 16.0. The van der Waals surface area contributed by atoms with E-state index in [1.165, 1.54) is 25.1 Å². The molecule has 0 aromatic carbocycles. The SMILES string of the molecule is OC(CCN1CCCC1)c1ccc(OCC(F)(F)F)nc1. The quantitative estimate of drug-likeness (QED) is 0.877. The number of pyridine rings is 1. The van der Waals surface area contributed by atoms with Crippen LogP contribution in [0.4, 0.5) is 13.2 Å². The molecule has 1 aliphatic heterocycles. The van der Waals surface area contributed by atoms with Crippen LogP contribution in [0, 0.1) is 0 Å². The Morgan fingerprint density at radius 1 is 1.29 bits per heavy atom. The fourth-order valence-electron chi connectivity index (χ4n) is 2.31. The number of hydrogen-bond donors (Lipinski definition) is 1. The van der Waals surface area contributed by atoms with Crippen molar-refractivity contribution in [2.75, 3.05) is 26.2 Å². The Labute approximate surface area is 121 Å². The van der Waals surface area contributed by atoms with Gasteiger partial charge in [0.2, 0.25) is 5.88 Å². The number of alkyl halides is 3.